The predicted octanol–water partition coefficient (Wildman–Crippen LogP) is 4.16. The van der Waals surface area contributed by atoms with Crippen LogP contribution in [0.2, 0.25) is 0 Å². The van der Waals surface area contributed by atoms with Gasteiger partial charge < -0.3 is 10.1 Å². The van der Waals surface area contributed by atoms with Crippen LogP contribution in [0.1, 0.15) is 35.8 Å². The minimum Gasteiger partial charge on any atom is -0.383 e. The number of hydrogen-bond acceptors (Lipinski definition) is 4. The van der Waals surface area contributed by atoms with Crippen molar-refractivity contribution in [2.24, 2.45) is 0 Å². The monoisotopic (exact) mass is 452 g/mol. The van der Waals surface area contributed by atoms with E-state index in [1.807, 2.05) is 49.4 Å². The lowest BCUT2D eigenvalue weighted by atomic mass is 10.0. The molecule has 0 fully saturated rings. The lowest BCUT2D eigenvalue weighted by Crippen LogP contribution is -2.35. The van der Waals surface area contributed by atoms with Gasteiger partial charge in [-0.2, -0.15) is 0 Å². The molecule has 3 rings (SSSR count). The summed E-state index contributed by atoms with van der Waals surface area (Å²) in [7, 11) is -2.17. The van der Waals surface area contributed by atoms with Gasteiger partial charge in [-0.25, -0.2) is 13.1 Å². The first kappa shape index (κ1) is 23.7. The number of sulfonamides is 1. The van der Waals surface area contributed by atoms with Gasteiger partial charge in [0, 0.05) is 18.7 Å². The van der Waals surface area contributed by atoms with Crippen LogP contribution in [0.25, 0.3) is 11.1 Å². The van der Waals surface area contributed by atoms with E-state index in [1.165, 1.54) is 31.4 Å². The average Bonchev–Trinajstić information content (AvgIpc) is 2.79. The number of ether oxygens (including phenoxy) is 1. The number of rotatable bonds is 9. The third kappa shape index (κ3) is 6.03. The van der Waals surface area contributed by atoms with Crippen molar-refractivity contribution < 1.29 is 17.9 Å². The second-order valence-corrected chi connectivity index (χ2v) is 9.40. The number of amides is 1. The summed E-state index contributed by atoms with van der Waals surface area (Å²) in [6, 6.07) is 23.5. The van der Waals surface area contributed by atoms with Gasteiger partial charge in [0.25, 0.3) is 5.91 Å². The van der Waals surface area contributed by atoms with Crippen LogP contribution in [0.4, 0.5) is 0 Å². The van der Waals surface area contributed by atoms with E-state index in [1.54, 1.807) is 6.92 Å². The topological polar surface area (TPSA) is 84.5 Å². The van der Waals surface area contributed by atoms with E-state index in [4.69, 9.17) is 4.74 Å². The maximum atomic E-state index is 12.6. The minimum atomic E-state index is -3.68. The third-order valence-electron chi connectivity index (χ3n) is 5.07. The molecule has 0 saturated carbocycles. The maximum absolute atomic E-state index is 12.6. The van der Waals surface area contributed by atoms with Crippen molar-refractivity contribution in [1.82, 2.24) is 10.0 Å². The standard InChI is InChI=1S/C25H28N2O4S/c1-18(17-31-3)27-32(29,30)24-15-13-23(14-16-24)25(28)26-19(2)20-9-11-22(12-10-20)21-7-5-4-6-8-21/h4-16,18-19,27H,17H2,1-3H3,(H,26,28)/t18-,19+/m0/s1. The Kier molecular flexibility index (Phi) is 7.80. The van der Waals surface area contributed by atoms with Crippen molar-refractivity contribution in [1.29, 1.82) is 0 Å². The van der Waals surface area contributed by atoms with Crippen molar-refractivity contribution in [3.05, 3.63) is 90.0 Å². The van der Waals surface area contributed by atoms with Crippen molar-refractivity contribution in [2.75, 3.05) is 13.7 Å². The van der Waals surface area contributed by atoms with E-state index in [0.717, 1.165) is 16.7 Å². The zero-order valence-electron chi connectivity index (χ0n) is 18.4. The molecule has 2 N–H and O–H groups in total. The van der Waals surface area contributed by atoms with Crippen LogP contribution in [0.3, 0.4) is 0 Å². The molecule has 1 amide bonds. The Morgan fingerprint density at radius 1 is 0.875 bits per heavy atom. The molecule has 0 saturated heterocycles. The molecule has 32 heavy (non-hydrogen) atoms. The van der Waals surface area contributed by atoms with Crippen LogP contribution in [-0.2, 0) is 14.8 Å². The quantitative estimate of drug-likeness (QED) is 0.511. The van der Waals surface area contributed by atoms with Crippen LogP contribution in [0.15, 0.2) is 83.8 Å². The minimum absolute atomic E-state index is 0.0987. The molecule has 0 bridgehead atoms. The van der Waals surface area contributed by atoms with Gasteiger partial charge in [-0.15, -0.1) is 0 Å². The SMILES string of the molecule is COC[C@H](C)NS(=O)(=O)c1ccc(C(=O)N[C@H](C)c2ccc(-c3ccccc3)cc2)cc1. The van der Waals surface area contributed by atoms with Crippen molar-refractivity contribution in [2.45, 2.75) is 30.8 Å². The number of methoxy groups -OCH3 is 1. The predicted molar refractivity (Wildman–Crippen MR) is 126 cm³/mol. The lowest BCUT2D eigenvalue weighted by Gasteiger charge is -2.16. The molecule has 0 unspecified atom stereocenters. The van der Waals surface area contributed by atoms with E-state index >= 15 is 0 Å². The molecule has 0 aliphatic carbocycles. The molecule has 0 aliphatic rings. The van der Waals surface area contributed by atoms with E-state index < -0.39 is 10.0 Å². The summed E-state index contributed by atoms with van der Waals surface area (Å²) in [5.41, 5.74) is 3.62. The Bertz CT molecular complexity index is 1130. The Labute approximate surface area is 189 Å². The highest BCUT2D eigenvalue weighted by Gasteiger charge is 2.18. The van der Waals surface area contributed by atoms with Gasteiger partial charge in [-0.3, -0.25) is 4.79 Å². The zero-order valence-corrected chi connectivity index (χ0v) is 19.2. The van der Waals surface area contributed by atoms with Gasteiger partial charge in [-0.1, -0.05) is 54.6 Å². The van der Waals surface area contributed by atoms with E-state index in [9.17, 15) is 13.2 Å². The van der Waals surface area contributed by atoms with Crippen LogP contribution < -0.4 is 10.0 Å². The normalized spacial score (nSPS) is 13.3. The smallest absolute Gasteiger partial charge is 0.251 e. The van der Waals surface area contributed by atoms with Crippen LogP contribution in [0, 0.1) is 0 Å². The Morgan fingerprint density at radius 3 is 2.06 bits per heavy atom. The summed E-state index contributed by atoms with van der Waals surface area (Å²) in [6.07, 6.45) is 0. The average molecular weight is 453 g/mol. The summed E-state index contributed by atoms with van der Waals surface area (Å²) in [6.45, 7) is 3.90. The Hall–Kier alpha value is -3.00. The first-order chi connectivity index (χ1) is 15.3. The number of carbonyl (C=O) groups excluding carboxylic acids is 1. The maximum Gasteiger partial charge on any atom is 0.251 e. The molecule has 0 heterocycles. The molecular weight excluding hydrogens is 424 g/mol. The number of benzene rings is 3. The van der Waals surface area contributed by atoms with Crippen LogP contribution in [-0.4, -0.2) is 34.1 Å². The summed E-state index contributed by atoms with van der Waals surface area (Å²) in [4.78, 5) is 12.7. The van der Waals surface area contributed by atoms with Gasteiger partial charge >= 0.3 is 0 Å². The molecule has 0 aromatic heterocycles. The molecule has 3 aromatic carbocycles. The first-order valence-corrected chi connectivity index (χ1v) is 11.9. The highest BCUT2D eigenvalue weighted by atomic mass is 32.2. The summed E-state index contributed by atoms with van der Waals surface area (Å²) >= 11 is 0. The second kappa shape index (κ2) is 10.5. The molecule has 0 radical (unpaired) electrons. The first-order valence-electron chi connectivity index (χ1n) is 10.4. The molecule has 7 heteroatoms. The number of carbonyl (C=O) groups is 1. The van der Waals surface area contributed by atoms with E-state index in [0.29, 0.717) is 5.56 Å². The molecule has 3 aromatic rings. The third-order valence-corrected chi connectivity index (χ3v) is 6.67. The number of nitrogens with one attached hydrogen (secondary N) is 2. The van der Waals surface area contributed by atoms with Gasteiger partial charge in [0.05, 0.1) is 17.5 Å². The van der Waals surface area contributed by atoms with Gasteiger partial charge in [0.1, 0.15) is 0 Å². The van der Waals surface area contributed by atoms with Crippen molar-refractivity contribution in [3.63, 3.8) is 0 Å². The van der Waals surface area contributed by atoms with Gasteiger partial charge in [0.15, 0.2) is 0 Å². The fourth-order valence-electron chi connectivity index (χ4n) is 3.36. The van der Waals surface area contributed by atoms with E-state index in [2.05, 4.69) is 22.2 Å². The number of hydrogen-bond donors (Lipinski definition) is 2. The molecule has 168 valence electrons. The highest BCUT2D eigenvalue weighted by Crippen LogP contribution is 2.22. The summed E-state index contributed by atoms with van der Waals surface area (Å²) < 4.78 is 32.3. The molecule has 0 aliphatic heterocycles. The van der Waals surface area contributed by atoms with Gasteiger partial charge in [0.2, 0.25) is 10.0 Å². The van der Waals surface area contributed by atoms with Crippen LogP contribution in [0.5, 0.6) is 0 Å². The highest BCUT2D eigenvalue weighted by molar-refractivity contribution is 7.89. The summed E-state index contributed by atoms with van der Waals surface area (Å²) in [5, 5.41) is 2.96. The fourth-order valence-corrected chi connectivity index (χ4v) is 4.59. The largest absolute Gasteiger partial charge is 0.383 e. The Balaban J connectivity index is 1.64. The second-order valence-electron chi connectivity index (χ2n) is 7.69. The fraction of sp³-hybridized carbons (Fsp3) is 0.240. The molecule has 6 nitrogen and oxygen atoms in total. The molecular formula is C25H28N2O4S. The molecule has 0 spiro atoms. The van der Waals surface area contributed by atoms with E-state index in [-0.39, 0.29) is 29.5 Å². The molecule has 2 atom stereocenters. The van der Waals surface area contributed by atoms with Crippen LogP contribution >= 0.6 is 0 Å². The van der Waals surface area contributed by atoms with Gasteiger partial charge in [-0.05, 0) is 54.8 Å². The summed E-state index contributed by atoms with van der Waals surface area (Å²) in [5.74, 6) is -0.269. The zero-order chi connectivity index (χ0) is 23.1. The Morgan fingerprint density at radius 2 is 1.47 bits per heavy atom. The van der Waals surface area contributed by atoms with Crippen molar-refractivity contribution >= 4 is 15.9 Å². The lowest BCUT2D eigenvalue weighted by molar-refractivity contribution is 0.0940. The van der Waals surface area contributed by atoms with Crippen molar-refractivity contribution in [3.8, 4) is 11.1 Å².